The van der Waals surface area contributed by atoms with Gasteiger partial charge in [0.1, 0.15) is 10.7 Å². The number of nitrogens with zero attached hydrogens (tertiary/aromatic N) is 1. The maximum atomic E-state index is 12.8. The number of sulfonamides is 2. The lowest BCUT2D eigenvalue weighted by atomic mass is 10.0. The van der Waals surface area contributed by atoms with Crippen LogP contribution in [0.2, 0.25) is 0 Å². The Morgan fingerprint density at radius 2 is 1.74 bits per heavy atom. The predicted octanol–water partition coefficient (Wildman–Crippen LogP) is 1.47. The van der Waals surface area contributed by atoms with Crippen molar-refractivity contribution in [2.75, 3.05) is 0 Å². The monoisotopic (exact) mass is 458 g/mol. The quantitative estimate of drug-likeness (QED) is 0.490. The lowest BCUT2D eigenvalue weighted by molar-refractivity contribution is -0.114. The number of carbonyl (C=O) groups excluding carboxylic acids is 1. The highest BCUT2D eigenvalue weighted by molar-refractivity contribution is 8.00. The highest BCUT2D eigenvalue weighted by Crippen LogP contribution is 2.26. The average molecular weight is 459 g/mol. The van der Waals surface area contributed by atoms with E-state index in [4.69, 9.17) is 0 Å². The van der Waals surface area contributed by atoms with E-state index in [1.165, 1.54) is 18.3 Å². The van der Waals surface area contributed by atoms with Crippen LogP contribution >= 0.6 is 0 Å². The highest BCUT2D eigenvalue weighted by Gasteiger charge is 2.29. The van der Waals surface area contributed by atoms with Gasteiger partial charge in [-0.15, -0.1) is 0 Å². The molecule has 0 saturated heterocycles. The van der Waals surface area contributed by atoms with Gasteiger partial charge in [0.05, 0.1) is 10.9 Å². The standard InChI is InChI=1S/C20H18N4O5S2/c25-19-13-18(31(28,29)24-19)15-8-6-14(7-9-15)12-17(20-21-10-11-22-20)23-30(26,27)16-4-2-1-3-5-16/h1-11,13,17,23H,12H2,(H,21,22)(H,24,25). The Bertz CT molecular complexity index is 1330. The number of carbonyl (C=O) groups is 1. The zero-order valence-electron chi connectivity index (χ0n) is 16.0. The van der Waals surface area contributed by atoms with Crippen LogP contribution in [0.5, 0.6) is 0 Å². The molecular formula is C20H18N4O5S2. The summed E-state index contributed by atoms with van der Waals surface area (Å²) >= 11 is 0. The summed E-state index contributed by atoms with van der Waals surface area (Å²) in [6.07, 6.45) is 4.43. The zero-order valence-corrected chi connectivity index (χ0v) is 17.7. The van der Waals surface area contributed by atoms with E-state index in [1.807, 2.05) is 4.72 Å². The minimum Gasteiger partial charge on any atom is -0.347 e. The second kappa shape index (κ2) is 8.10. The van der Waals surface area contributed by atoms with E-state index in [0.717, 1.165) is 11.6 Å². The molecule has 1 atom stereocenters. The summed E-state index contributed by atoms with van der Waals surface area (Å²) in [6, 6.07) is 13.8. The van der Waals surface area contributed by atoms with Crippen LogP contribution < -0.4 is 9.44 Å². The molecule has 0 fully saturated rings. The third kappa shape index (κ3) is 4.58. The normalized spacial score (nSPS) is 16.5. The van der Waals surface area contributed by atoms with Gasteiger partial charge in [0.2, 0.25) is 10.0 Å². The van der Waals surface area contributed by atoms with Crippen molar-refractivity contribution >= 4 is 30.9 Å². The Morgan fingerprint density at radius 1 is 1.03 bits per heavy atom. The second-order valence-corrected chi connectivity index (χ2v) is 10.2. The number of aromatic amines is 1. The molecule has 160 valence electrons. The third-order valence-corrected chi connectivity index (χ3v) is 7.56. The van der Waals surface area contributed by atoms with Crippen LogP contribution in [0.4, 0.5) is 0 Å². The summed E-state index contributed by atoms with van der Waals surface area (Å²) < 4.78 is 54.1. The number of rotatable bonds is 7. The molecule has 3 N–H and O–H groups in total. The van der Waals surface area contributed by atoms with Crippen molar-refractivity contribution in [3.63, 3.8) is 0 Å². The van der Waals surface area contributed by atoms with Gasteiger partial charge < -0.3 is 4.98 Å². The average Bonchev–Trinajstić information content (AvgIpc) is 3.36. The molecule has 0 spiro atoms. The Hall–Kier alpha value is -3.28. The summed E-state index contributed by atoms with van der Waals surface area (Å²) in [4.78, 5) is 18.5. The number of nitrogens with one attached hydrogen (secondary N) is 3. The largest absolute Gasteiger partial charge is 0.347 e. The molecule has 1 unspecified atom stereocenters. The zero-order chi connectivity index (χ0) is 22.1. The van der Waals surface area contributed by atoms with Crippen LogP contribution in [0.3, 0.4) is 0 Å². The van der Waals surface area contributed by atoms with E-state index in [0.29, 0.717) is 11.4 Å². The molecule has 1 aliphatic heterocycles. The smallest absolute Gasteiger partial charge is 0.265 e. The predicted molar refractivity (Wildman–Crippen MR) is 113 cm³/mol. The number of H-pyrrole nitrogens is 1. The molecule has 9 nitrogen and oxygen atoms in total. The topological polar surface area (TPSA) is 138 Å². The van der Waals surface area contributed by atoms with Crippen LogP contribution in [-0.4, -0.2) is 32.7 Å². The summed E-state index contributed by atoms with van der Waals surface area (Å²) in [6.45, 7) is 0. The molecule has 3 aromatic rings. The molecule has 0 aliphatic carbocycles. The number of hydrogen-bond acceptors (Lipinski definition) is 6. The number of amides is 1. The van der Waals surface area contributed by atoms with E-state index in [2.05, 4.69) is 14.7 Å². The van der Waals surface area contributed by atoms with Crippen molar-refractivity contribution in [3.8, 4) is 0 Å². The molecule has 1 aromatic heterocycles. The van der Waals surface area contributed by atoms with Crippen LogP contribution in [0, 0.1) is 0 Å². The van der Waals surface area contributed by atoms with Crippen molar-refractivity contribution < 1.29 is 21.6 Å². The van der Waals surface area contributed by atoms with Crippen LogP contribution in [0.1, 0.15) is 23.0 Å². The Morgan fingerprint density at radius 3 is 2.32 bits per heavy atom. The van der Waals surface area contributed by atoms with E-state index in [-0.39, 0.29) is 16.2 Å². The van der Waals surface area contributed by atoms with Gasteiger partial charge >= 0.3 is 0 Å². The minimum atomic E-state index is -3.86. The number of hydrogen-bond donors (Lipinski definition) is 3. The molecule has 1 aliphatic rings. The van der Waals surface area contributed by atoms with Gasteiger partial charge in [-0.05, 0) is 29.7 Å². The maximum absolute atomic E-state index is 12.8. The minimum absolute atomic E-state index is 0.101. The summed E-state index contributed by atoms with van der Waals surface area (Å²) in [7, 11) is -7.65. The number of benzene rings is 2. The molecule has 0 saturated carbocycles. The fraction of sp³-hybridized carbons (Fsp3) is 0.100. The molecule has 2 heterocycles. The van der Waals surface area contributed by atoms with E-state index >= 15 is 0 Å². The molecule has 4 rings (SSSR count). The lowest BCUT2D eigenvalue weighted by Gasteiger charge is -2.17. The first kappa shape index (κ1) is 21.0. The number of imidazole rings is 1. The van der Waals surface area contributed by atoms with Gasteiger partial charge in [-0.3, -0.25) is 4.79 Å². The Balaban J connectivity index is 1.59. The van der Waals surface area contributed by atoms with Crippen molar-refractivity contribution in [2.45, 2.75) is 17.4 Å². The van der Waals surface area contributed by atoms with Crippen LogP contribution in [0.25, 0.3) is 4.91 Å². The van der Waals surface area contributed by atoms with E-state index in [9.17, 15) is 21.6 Å². The maximum Gasteiger partial charge on any atom is 0.265 e. The van der Waals surface area contributed by atoms with Gasteiger partial charge in [0, 0.05) is 18.5 Å². The lowest BCUT2D eigenvalue weighted by Crippen LogP contribution is -2.30. The van der Waals surface area contributed by atoms with Crippen molar-refractivity contribution in [1.82, 2.24) is 19.4 Å². The summed E-state index contributed by atoms with van der Waals surface area (Å²) in [5.74, 6) is -0.244. The molecule has 2 aromatic carbocycles. The summed E-state index contributed by atoms with van der Waals surface area (Å²) in [5.41, 5.74) is 1.11. The fourth-order valence-corrected chi connectivity index (χ4v) is 5.57. The first-order valence-corrected chi connectivity index (χ1v) is 12.2. The van der Waals surface area contributed by atoms with Gasteiger partial charge in [0.25, 0.3) is 15.9 Å². The molecular weight excluding hydrogens is 440 g/mol. The van der Waals surface area contributed by atoms with E-state index < -0.39 is 32.0 Å². The summed E-state index contributed by atoms with van der Waals surface area (Å²) in [5, 5.41) is 0. The van der Waals surface area contributed by atoms with Crippen molar-refractivity contribution in [2.24, 2.45) is 0 Å². The molecule has 1 amide bonds. The van der Waals surface area contributed by atoms with Gasteiger partial charge in [0.15, 0.2) is 0 Å². The fourth-order valence-electron chi connectivity index (χ4n) is 3.21. The molecule has 31 heavy (non-hydrogen) atoms. The highest BCUT2D eigenvalue weighted by atomic mass is 32.2. The van der Waals surface area contributed by atoms with E-state index in [1.54, 1.807) is 48.7 Å². The first-order valence-electron chi connectivity index (χ1n) is 9.19. The number of aromatic nitrogens is 2. The molecule has 0 radical (unpaired) electrons. The third-order valence-electron chi connectivity index (χ3n) is 4.67. The SMILES string of the molecule is O=C1C=C(c2ccc(CC(NS(=O)(=O)c3ccccc3)c3ncc[nH]3)cc2)S(=O)(=O)N1. The van der Waals surface area contributed by atoms with Gasteiger partial charge in [-0.25, -0.2) is 31.3 Å². The Kier molecular flexibility index (Phi) is 5.48. The second-order valence-electron chi connectivity index (χ2n) is 6.84. The van der Waals surface area contributed by atoms with Crippen molar-refractivity contribution in [1.29, 1.82) is 0 Å². The first-order chi connectivity index (χ1) is 14.7. The molecule has 11 heteroatoms. The Labute approximate surface area is 179 Å². The van der Waals surface area contributed by atoms with Gasteiger partial charge in [-0.2, -0.15) is 0 Å². The van der Waals surface area contributed by atoms with Crippen LogP contribution in [0.15, 0.2) is 78.0 Å². The van der Waals surface area contributed by atoms with Crippen molar-refractivity contribution in [3.05, 3.63) is 90.0 Å². The van der Waals surface area contributed by atoms with Crippen LogP contribution in [-0.2, 0) is 31.3 Å². The molecule has 0 bridgehead atoms. The van der Waals surface area contributed by atoms with Gasteiger partial charge in [-0.1, -0.05) is 42.5 Å².